The van der Waals surface area contributed by atoms with Gasteiger partial charge in [0.15, 0.2) is 0 Å². The van der Waals surface area contributed by atoms with Crippen LogP contribution in [0.1, 0.15) is 0 Å². The van der Waals surface area contributed by atoms with Crippen LogP contribution in [0.25, 0.3) is 10.9 Å². The summed E-state index contributed by atoms with van der Waals surface area (Å²) >= 11 is 3.31. The van der Waals surface area contributed by atoms with Gasteiger partial charge >= 0.3 is 0 Å². The summed E-state index contributed by atoms with van der Waals surface area (Å²) in [5.41, 5.74) is 6.45. The third-order valence-corrected chi connectivity index (χ3v) is 3.05. The van der Waals surface area contributed by atoms with Crippen molar-refractivity contribution in [1.82, 2.24) is 15.0 Å². The van der Waals surface area contributed by atoms with E-state index in [2.05, 4.69) is 30.9 Å². The number of pyridine rings is 1. The molecule has 0 aliphatic rings. The minimum absolute atomic E-state index is 0.159. The summed E-state index contributed by atoms with van der Waals surface area (Å²) in [5.74, 6) is 1.12. The monoisotopic (exact) mass is 316 g/mol. The number of halogens is 1. The van der Waals surface area contributed by atoms with E-state index in [9.17, 15) is 0 Å². The molecule has 0 saturated carbocycles. The van der Waals surface area contributed by atoms with Crippen LogP contribution in [0.15, 0.2) is 47.2 Å². The predicted molar refractivity (Wildman–Crippen MR) is 76.0 cm³/mol. The highest BCUT2D eigenvalue weighted by Gasteiger charge is 2.07. The van der Waals surface area contributed by atoms with Crippen LogP contribution in [0.3, 0.4) is 0 Å². The van der Waals surface area contributed by atoms with Crippen molar-refractivity contribution in [3.05, 3.63) is 47.2 Å². The minimum atomic E-state index is 0.159. The molecule has 5 nitrogen and oxygen atoms in total. The fraction of sp³-hybridized carbons (Fsp3) is 0. The molecule has 0 atom stereocenters. The third-order valence-electron chi connectivity index (χ3n) is 2.51. The Kier molecular flexibility index (Phi) is 3.00. The second kappa shape index (κ2) is 4.81. The number of nitrogens with zero attached hydrogens (tertiary/aromatic N) is 3. The van der Waals surface area contributed by atoms with Gasteiger partial charge in [0.1, 0.15) is 5.75 Å². The second-order valence-corrected chi connectivity index (χ2v) is 4.70. The number of ether oxygens (including phenoxy) is 1. The summed E-state index contributed by atoms with van der Waals surface area (Å²) in [5, 5.41) is 0.998. The molecule has 2 N–H and O–H groups in total. The number of aromatic nitrogens is 3. The zero-order valence-electron chi connectivity index (χ0n) is 9.75. The molecule has 0 aliphatic carbocycles. The Bertz CT molecular complexity index is 748. The van der Waals surface area contributed by atoms with Crippen LogP contribution in [0.4, 0.5) is 5.95 Å². The highest BCUT2D eigenvalue weighted by atomic mass is 79.9. The number of hydrogen-bond donors (Lipinski definition) is 1. The van der Waals surface area contributed by atoms with Gasteiger partial charge in [-0.2, -0.15) is 4.98 Å². The van der Waals surface area contributed by atoms with Gasteiger partial charge in [-0.1, -0.05) is 18.2 Å². The standard InChI is InChI=1S/C13H9BrN4O/c14-10-7-17-13(15)18-12(10)19-9-5-8-3-1-2-4-11(8)16-6-9/h1-7H,(H2,15,17,18). The Hall–Kier alpha value is -2.21. The van der Waals surface area contributed by atoms with Gasteiger partial charge < -0.3 is 10.5 Å². The molecule has 94 valence electrons. The molecule has 0 spiro atoms. The summed E-state index contributed by atoms with van der Waals surface area (Å²) in [7, 11) is 0. The van der Waals surface area contributed by atoms with Gasteiger partial charge in [0.25, 0.3) is 0 Å². The van der Waals surface area contributed by atoms with Crippen molar-refractivity contribution < 1.29 is 4.74 Å². The van der Waals surface area contributed by atoms with E-state index < -0.39 is 0 Å². The van der Waals surface area contributed by atoms with Crippen molar-refractivity contribution in [3.8, 4) is 11.6 Å². The van der Waals surface area contributed by atoms with Gasteiger partial charge in [-0.05, 0) is 28.1 Å². The van der Waals surface area contributed by atoms with Crippen molar-refractivity contribution in [2.75, 3.05) is 5.73 Å². The lowest BCUT2D eigenvalue weighted by Crippen LogP contribution is -1.97. The molecule has 19 heavy (non-hydrogen) atoms. The Morgan fingerprint density at radius 3 is 2.84 bits per heavy atom. The Morgan fingerprint density at radius 1 is 1.11 bits per heavy atom. The molecule has 0 fully saturated rings. The van der Waals surface area contributed by atoms with Crippen molar-refractivity contribution in [2.45, 2.75) is 0 Å². The first-order valence-corrected chi connectivity index (χ1v) is 6.32. The molecule has 0 bridgehead atoms. The van der Waals surface area contributed by atoms with Crippen molar-refractivity contribution in [2.24, 2.45) is 0 Å². The van der Waals surface area contributed by atoms with E-state index in [1.54, 1.807) is 12.4 Å². The quantitative estimate of drug-likeness (QED) is 0.786. The normalized spacial score (nSPS) is 10.6. The number of nitrogen functional groups attached to an aromatic ring is 1. The summed E-state index contributed by atoms with van der Waals surface area (Å²) in [6.07, 6.45) is 3.19. The van der Waals surface area contributed by atoms with E-state index in [-0.39, 0.29) is 5.95 Å². The Morgan fingerprint density at radius 2 is 1.95 bits per heavy atom. The maximum atomic E-state index is 5.66. The molecule has 2 aromatic heterocycles. The van der Waals surface area contributed by atoms with Crippen molar-refractivity contribution in [3.63, 3.8) is 0 Å². The fourth-order valence-electron chi connectivity index (χ4n) is 1.65. The number of nitrogens with two attached hydrogens (primary N) is 1. The van der Waals surface area contributed by atoms with Crippen LogP contribution in [0.2, 0.25) is 0 Å². The van der Waals surface area contributed by atoms with Crippen LogP contribution in [0, 0.1) is 0 Å². The zero-order valence-corrected chi connectivity index (χ0v) is 11.3. The van der Waals surface area contributed by atoms with Gasteiger partial charge in [-0.3, -0.25) is 4.98 Å². The van der Waals surface area contributed by atoms with Gasteiger partial charge in [0.05, 0.1) is 22.4 Å². The van der Waals surface area contributed by atoms with Gasteiger partial charge in [-0.25, -0.2) is 4.98 Å². The van der Waals surface area contributed by atoms with E-state index in [0.29, 0.717) is 16.1 Å². The number of para-hydroxylation sites is 1. The first-order chi connectivity index (χ1) is 9.22. The number of rotatable bonds is 2. The number of benzene rings is 1. The van der Waals surface area contributed by atoms with Crippen LogP contribution >= 0.6 is 15.9 Å². The molecule has 3 rings (SSSR count). The van der Waals surface area contributed by atoms with E-state index in [1.807, 2.05) is 30.3 Å². The molecule has 3 aromatic rings. The summed E-state index contributed by atoms with van der Waals surface area (Å²) in [4.78, 5) is 12.2. The van der Waals surface area contributed by atoms with Gasteiger partial charge in [0.2, 0.25) is 11.8 Å². The topological polar surface area (TPSA) is 73.9 Å². The predicted octanol–water partition coefficient (Wildman–Crippen LogP) is 3.16. The zero-order chi connectivity index (χ0) is 13.2. The Balaban J connectivity index is 1.98. The van der Waals surface area contributed by atoms with Gasteiger partial charge in [-0.15, -0.1) is 0 Å². The molecule has 6 heteroatoms. The maximum absolute atomic E-state index is 5.66. The van der Waals surface area contributed by atoms with E-state index in [1.165, 1.54) is 0 Å². The van der Waals surface area contributed by atoms with Crippen molar-refractivity contribution >= 4 is 32.8 Å². The lowest BCUT2D eigenvalue weighted by Gasteiger charge is -2.07. The smallest absolute Gasteiger partial charge is 0.238 e. The number of anilines is 1. The first-order valence-electron chi connectivity index (χ1n) is 5.53. The van der Waals surface area contributed by atoms with E-state index >= 15 is 0 Å². The maximum Gasteiger partial charge on any atom is 0.238 e. The highest BCUT2D eigenvalue weighted by molar-refractivity contribution is 9.10. The lowest BCUT2D eigenvalue weighted by molar-refractivity contribution is 0.458. The third kappa shape index (κ3) is 2.48. The van der Waals surface area contributed by atoms with Crippen LogP contribution in [-0.4, -0.2) is 15.0 Å². The van der Waals surface area contributed by atoms with Crippen LogP contribution < -0.4 is 10.5 Å². The molecule has 1 aromatic carbocycles. The molecule has 0 saturated heterocycles. The number of hydrogen-bond acceptors (Lipinski definition) is 5. The first kappa shape index (κ1) is 11.9. The largest absolute Gasteiger partial charge is 0.436 e. The average molecular weight is 317 g/mol. The van der Waals surface area contributed by atoms with Gasteiger partial charge in [0, 0.05) is 5.39 Å². The summed E-state index contributed by atoms with van der Waals surface area (Å²) in [6.45, 7) is 0. The van der Waals surface area contributed by atoms with Crippen LogP contribution in [0.5, 0.6) is 11.6 Å². The second-order valence-electron chi connectivity index (χ2n) is 3.85. The van der Waals surface area contributed by atoms with E-state index in [0.717, 1.165) is 10.9 Å². The molecule has 2 heterocycles. The summed E-state index contributed by atoms with van der Waals surface area (Å²) < 4.78 is 6.29. The molecular weight excluding hydrogens is 308 g/mol. The van der Waals surface area contributed by atoms with E-state index in [4.69, 9.17) is 10.5 Å². The molecule has 0 radical (unpaired) electrons. The van der Waals surface area contributed by atoms with Crippen molar-refractivity contribution in [1.29, 1.82) is 0 Å². The highest BCUT2D eigenvalue weighted by Crippen LogP contribution is 2.28. The minimum Gasteiger partial charge on any atom is -0.436 e. The number of fused-ring (bicyclic) bond motifs is 1. The molecular formula is C13H9BrN4O. The SMILES string of the molecule is Nc1ncc(Br)c(Oc2cnc3ccccc3c2)n1. The molecule has 0 aliphatic heterocycles. The summed E-state index contributed by atoms with van der Waals surface area (Å²) in [6, 6.07) is 9.70. The average Bonchev–Trinajstić information content (AvgIpc) is 2.43. The lowest BCUT2D eigenvalue weighted by atomic mass is 10.2. The molecule has 0 unspecified atom stereocenters. The Labute approximate surface area is 117 Å². The van der Waals surface area contributed by atoms with Crippen LogP contribution in [-0.2, 0) is 0 Å². The molecule has 0 amide bonds. The fourth-order valence-corrected chi connectivity index (χ4v) is 1.93.